The molecule has 1 aliphatic heterocycles. The van der Waals surface area contributed by atoms with Gasteiger partial charge in [0.25, 0.3) is 0 Å². The summed E-state index contributed by atoms with van der Waals surface area (Å²) in [6.07, 6.45) is 11.6. The molecule has 0 aliphatic carbocycles. The van der Waals surface area contributed by atoms with Crippen LogP contribution in [0.3, 0.4) is 0 Å². The van der Waals surface area contributed by atoms with E-state index in [2.05, 4.69) is 15.2 Å². The standard InChI is InChI=1S/C18H26N6/c1-14-16(12-15(21-2)13-22-14)17(6-8-19)23-18(7-9-20)24-10-4-3-5-11-24/h6-9,12-13,20-21H,3-5,10-11,19H2,1-2H3/b8-6-,18-7-,20-9?,23-17+. The van der Waals surface area contributed by atoms with Crippen molar-refractivity contribution in [3.8, 4) is 0 Å². The maximum absolute atomic E-state index is 7.45. The van der Waals surface area contributed by atoms with Gasteiger partial charge in [-0.2, -0.15) is 0 Å². The third-order valence-electron chi connectivity index (χ3n) is 4.05. The van der Waals surface area contributed by atoms with Gasteiger partial charge in [0.2, 0.25) is 0 Å². The molecule has 128 valence electrons. The van der Waals surface area contributed by atoms with Gasteiger partial charge in [0, 0.05) is 37.6 Å². The number of aromatic nitrogens is 1. The zero-order chi connectivity index (χ0) is 17.4. The van der Waals surface area contributed by atoms with Crippen LogP contribution in [-0.2, 0) is 0 Å². The summed E-state index contributed by atoms with van der Waals surface area (Å²) in [5, 5.41) is 10.5. The number of nitrogens with one attached hydrogen (secondary N) is 2. The number of nitrogens with two attached hydrogens (primary N) is 1. The first kappa shape index (κ1) is 17.7. The number of hydrogen-bond acceptors (Lipinski definition) is 6. The first-order chi connectivity index (χ1) is 11.7. The number of likely N-dealkylation sites (tertiary alicyclic amines) is 1. The summed E-state index contributed by atoms with van der Waals surface area (Å²) in [5.41, 5.74) is 9.12. The average molecular weight is 326 g/mol. The highest BCUT2D eigenvalue weighted by Crippen LogP contribution is 2.19. The summed E-state index contributed by atoms with van der Waals surface area (Å²) in [6, 6.07) is 2.01. The highest BCUT2D eigenvalue weighted by molar-refractivity contribution is 6.10. The minimum absolute atomic E-state index is 0.748. The zero-order valence-electron chi connectivity index (χ0n) is 14.4. The number of pyridine rings is 1. The fourth-order valence-corrected chi connectivity index (χ4v) is 2.74. The van der Waals surface area contributed by atoms with Crippen molar-refractivity contribution < 1.29 is 0 Å². The van der Waals surface area contributed by atoms with Gasteiger partial charge in [0.15, 0.2) is 0 Å². The number of anilines is 1. The molecule has 1 aromatic rings. The van der Waals surface area contributed by atoms with E-state index >= 15 is 0 Å². The number of aryl methyl sites for hydroxylation is 1. The quantitative estimate of drug-likeness (QED) is 0.701. The van der Waals surface area contributed by atoms with Crippen molar-refractivity contribution >= 4 is 17.6 Å². The van der Waals surface area contributed by atoms with Crippen LogP contribution in [-0.4, -0.2) is 41.9 Å². The van der Waals surface area contributed by atoms with Crippen molar-refractivity contribution in [1.29, 1.82) is 5.41 Å². The maximum Gasteiger partial charge on any atom is 0.130 e. The molecule has 24 heavy (non-hydrogen) atoms. The third-order valence-corrected chi connectivity index (χ3v) is 4.05. The van der Waals surface area contributed by atoms with E-state index in [0.29, 0.717) is 0 Å². The monoisotopic (exact) mass is 326 g/mol. The summed E-state index contributed by atoms with van der Waals surface area (Å²) in [4.78, 5) is 11.5. The van der Waals surface area contributed by atoms with Gasteiger partial charge < -0.3 is 21.4 Å². The number of allylic oxidation sites excluding steroid dienone is 2. The van der Waals surface area contributed by atoms with Crippen LogP contribution in [0.5, 0.6) is 0 Å². The van der Waals surface area contributed by atoms with Crippen LogP contribution < -0.4 is 11.1 Å². The number of hydrogen-bond donors (Lipinski definition) is 3. The maximum atomic E-state index is 7.45. The van der Waals surface area contributed by atoms with E-state index in [1.165, 1.54) is 18.8 Å². The molecule has 0 amide bonds. The normalized spacial score (nSPS) is 16.5. The molecule has 1 fully saturated rings. The molecular formula is C18H26N6. The highest BCUT2D eigenvalue weighted by Gasteiger charge is 2.14. The molecule has 0 bridgehead atoms. The smallest absolute Gasteiger partial charge is 0.130 e. The lowest BCUT2D eigenvalue weighted by molar-refractivity contribution is 0.283. The predicted octanol–water partition coefficient (Wildman–Crippen LogP) is 2.67. The molecule has 1 aliphatic rings. The van der Waals surface area contributed by atoms with Crippen molar-refractivity contribution in [2.24, 2.45) is 10.7 Å². The van der Waals surface area contributed by atoms with Crippen LogP contribution in [0, 0.1) is 12.3 Å². The second-order valence-electron chi connectivity index (χ2n) is 5.70. The van der Waals surface area contributed by atoms with Crippen molar-refractivity contribution in [3.63, 3.8) is 0 Å². The van der Waals surface area contributed by atoms with Crippen LogP contribution >= 0.6 is 0 Å². The van der Waals surface area contributed by atoms with Crippen LogP contribution in [0.25, 0.3) is 0 Å². The van der Waals surface area contributed by atoms with E-state index in [1.54, 1.807) is 18.3 Å². The van der Waals surface area contributed by atoms with E-state index in [-0.39, 0.29) is 0 Å². The first-order valence-corrected chi connectivity index (χ1v) is 8.27. The number of aliphatic imine (C=N–C) groups is 1. The lowest BCUT2D eigenvalue weighted by Crippen LogP contribution is -2.29. The summed E-state index contributed by atoms with van der Waals surface area (Å²) in [5.74, 6) is 0.798. The van der Waals surface area contributed by atoms with Gasteiger partial charge in [-0.1, -0.05) is 0 Å². The summed E-state index contributed by atoms with van der Waals surface area (Å²) in [7, 11) is 1.86. The molecular weight excluding hydrogens is 300 g/mol. The van der Waals surface area contributed by atoms with E-state index in [9.17, 15) is 0 Å². The average Bonchev–Trinajstić information content (AvgIpc) is 2.62. The molecule has 0 saturated carbocycles. The Morgan fingerprint density at radius 1 is 1.38 bits per heavy atom. The molecule has 0 radical (unpaired) electrons. The van der Waals surface area contributed by atoms with Gasteiger partial charge in [0.05, 0.1) is 17.6 Å². The molecule has 4 N–H and O–H groups in total. The van der Waals surface area contributed by atoms with Gasteiger partial charge in [-0.15, -0.1) is 0 Å². The number of piperidine rings is 1. The van der Waals surface area contributed by atoms with Crippen molar-refractivity contribution in [3.05, 3.63) is 47.7 Å². The largest absolute Gasteiger partial charge is 0.405 e. The predicted molar refractivity (Wildman–Crippen MR) is 101 cm³/mol. The topological polar surface area (TPSA) is 90.4 Å². The molecule has 2 rings (SSSR count). The van der Waals surface area contributed by atoms with Crippen molar-refractivity contribution in [2.75, 3.05) is 25.5 Å². The van der Waals surface area contributed by atoms with E-state index in [4.69, 9.17) is 16.1 Å². The lowest BCUT2D eigenvalue weighted by atomic mass is 10.1. The Balaban J connectivity index is 2.45. The SMILES string of the molecule is CNc1cnc(C)c(C(/C=C\N)=N/C(=C/C=N)N2CCCCC2)c1. The molecule has 0 unspecified atom stereocenters. The Morgan fingerprint density at radius 3 is 2.75 bits per heavy atom. The number of rotatable bonds is 6. The van der Waals surface area contributed by atoms with Crippen LogP contribution in [0.4, 0.5) is 5.69 Å². The molecule has 2 heterocycles. The second-order valence-corrected chi connectivity index (χ2v) is 5.70. The fraction of sp³-hybridized carbons (Fsp3) is 0.389. The number of nitrogens with zero attached hydrogens (tertiary/aromatic N) is 3. The molecule has 6 nitrogen and oxygen atoms in total. The summed E-state index contributed by atoms with van der Waals surface area (Å²) in [6.45, 7) is 3.89. The minimum atomic E-state index is 0.748. The van der Waals surface area contributed by atoms with E-state index < -0.39 is 0 Å². The Kier molecular flexibility index (Phi) is 6.54. The first-order valence-electron chi connectivity index (χ1n) is 8.27. The Hall–Kier alpha value is -2.63. The molecule has 0 atom stereocenters. The van der Waals surface area contributed by atoms with E-state index in [0.717, 1.165) is 54.4 Å². The Morgan fingerprint density at radius 2 is 2.12 bits per heavy atom. The molecule has 0 spiro atoms. The van der Waals surface area contributed by atoms with Gasteiger partial charge in [-0.25, -0.2) is 4.99 Å². The molecule has 0 aromatic carbocycles. The van der Waals surface area contributed by atoms with Crippen LogP contribution in [0.15, 0.2) is 41.4 Å². The summed E-state index contributed by atoms with van der Waals surface area (Å²) < 4.78 is 0. The van der Waals surface area contributed by atoms with Crippen molar-refractivity contribution in [1.82, 2.24) is 9.88 Å². The Bertz CT molecular complexity index is 653. The van der Waals surface area contributed by atoms with Gasteiger partial charge in [-0.3, -0.25) is 4.98 Å². The molecule has 6 heteroatoms. The van der Waals surface area contributed by atoms with Gasteiger partial charge in [0.1, 0.15) is 5.82 Å². The minimum Gasteiger partial charge on any atom is -0.405 e. The van der Waals surface area contributed by atoms with Crippen LogP contribution in [0.1, 0.15) is 30.5 Å². The van der Waals surface area contributed by atoms with E-state index in [1.807, 2.05) is 20.0 Å². The third kappa shape index (κ3) is 4.44. The highest BCUT2D eigenvalue weighted by atomic mass is 15.2. The Labute approximate surface area is 143 Å². The summed E-state index contributed by atoms with van der Waals surface area (Å²) >= 11 is 0. The lowest BCUT2D eigenvalue weighted by Gasteiger charge is -2.29. The van der Waals surface area contributed by atoms with Crippen molar-refractivity contribution in [2.45, 2.75) is 26.2 Å². The fourth-order valence-electron chi connectivity index (χ4n) is 2.74. The van der Waals surface area contributed by atoms with Gasteiger partial charge >= 0.3 is 0 Å². The second kappa shape index (κ2) is 8.86. The zero-order valence-corrected chi connectivity index (χ0v) is 14.4. The molecule has 1 aromatic heterocycles. The van der Waals surface area contributed by atoms with Crippen LogP contribution in [0.2, 0.25) is 0 Å². The van der Waals surface area contributed by atoms with Gasteiger partial charge in [-0.05, 0) is 50.6 Å². The molecule has 1 saturated heterocycles.